The van der Waals surface area contributed by atoms with Crippen LogP contribution in [0.2, 0.25) is 0 Å². The van der Waals surface area contributed by atoms with E-state index in [1.165, 1.54) is 23.1 Å². The van der Waals surface area contributed by atoms with Gasteiger partial charge in [0.15, 0.2) is 0 Å². The monoisotopic (exact) mass is 233 g/mol. The zero-order valence-electron chi connectivity index (χ0n) is 11.4. The van der Waals surface area contributed by atoms with Crippen molar-refractivity contribution in [2.24, 2.45) is 0 Å². The molecule has 1 atom stereocenters. The summed E-state index contributed by atoms with van der Waals surface area (Å²) < 4.78 is 6.30. The molecule has 2 rings (SSSR count). The van der Waals surface area contributed by atoms with Crippen LogP contribution in [0, 0.1) is 20.8 Å². The summed E-state index contributed by atoms with van der Waals surface area (Å²) in [5.41, 5.74) is 3.74. The number of rotatable bonds is 2. The molecule has 0 bridgehead atoms. The van der Waals surface area contributed by atoms with Gasteiger partial charge in [-0.25, -0.2) is 0 Å². The van der Waals surface area contributed by atoms with Gasteiger partial charge in [-0.05, 0) is 58.2 Å². The van der Waals surface area contributed by atoms with E-state index in [1.807, 2.05) is 0 Å². The quantitative estimate of drug-likeness (QED) is 0.847. The van der Waals surface area contributed by atoms with Crippen LogP contribution in [0.25, 0.3) is 0 Å². The molecule has 1 aliphatic rings. The third-order valence-corrected chi connectivity index (χ3v) is 3.51. The standard InChI is InChI=1S/C15H23NO/c1-11-8-12(2)14(13(3)9-11)17-15(4)6-5-7-16-10-15/h8-9,16H,5-7,10H2,1-4H3. The van der Waals surface area contributed by atoms with Crippen LogP contribution in [-0.2, 0) is 0 Å². The molecule has 1 fully saturated rings. The lowest BCUT2D eigenvalue weighted by molar-refractivity contribution is 0.0599. The molecular formula is C15H23NO. The molecule has 2 heteroatoms. The number of benzene rings is 1. The highest BCUT2D eigenvalue weighted by Gasteiger charge is 2.29. The highest BCUT2D eigenvalue weighted by Crippen LogP contribution is 2.30. The summed E-state index contributed by atoms with van der Waals surface area (Å²) in [4.78, 5) is 0. The van der Waals surface area contributed by atoms with E-state index in [2.05, 4.69) is 45.1 Å². The number of hydrogen-bond acceptors (Lipinski definition) is 2. The second kappa shape index (κ2) is 4.69. The van der Waals surface area contributed by atoms with Gasteiger partial charge >= 0.3 is 0 Å². The minimum absolute atomic E-state index is 0.0526. The van der Waals surface area contributed by atoms with E-state index in [0.29, 0.717) is 0 Å². The van der Waals surface area contributed by atoms with Gasteiger partial charge < -0.3 is 10.1 Å². The molecule has 0 spiro atoms. The molecule has 1 aromatic carbocycles. The van der Waals surface area contributed by atoms with Gasteiger partial charge in [0, 0.05) is 6.54 Å². The van der Waals surface area contributed by atoms with Crippen molar-refractivity contribution in [3.05, 3.63) is 28.8 Å². The molecule has 1 aromatic rings. The Bertz CT molecular complexity index is 382. The minimum Gasteiger partial charge on any atom is -0.486 e. The maximum atomic E-state index is 6.30. The largest absolute Gasteiger partial charge is 0.486 e. The third-order valence-electron chi connectivity index (χ3n) is 3.51. The van der Waals surface area contributed by atoms with Crippen LogP contribution in [-0.4, -0.2) is 18.7 Å². The molecule has 0 aromatic heterocycles. The van der Waals surface area contributed by atoms with Crippen molar-refractivity contribution < 1.29 is 4.74 Å². The van der Waals surface area contributed by atoms with E-state index in [9.17, 15) is 0 Å². The Morgan fingerprint density at radius 2 is 1.82 bits per heavy atom. The van der Waals surface area contributed by atoms with Crippen molar-refractivity contribution in [1.29, 1.82) is 0 Å². The van der Waals surface area contributed by atoms with E-state index in [0.717, 1.165) is 25.3 Å². The number of hydrogen-bond donors (Lipinski definition) is 1. The predicted molar refractivity (Wildman–Crippen MR) is 71.8 cm³/mol. The summed E-state index contributed by atoms with van der Waals surface area (Å²) >= 11 is 0. The first-order chi connectivity index (χ1) is 8.00. The molecule has 0 aliphatic carbocycles. The van der Waals surface area contributed by atoms with Crippen molar-refractivity contribution in [3.63, 3.8) is 0 Å². The van der Waals surface area contributed by atoms with Crippen molar-refractivity contribution in [3.8, 4) is 5.75 Å². The molecule has 1 saturated heterocycles. The summed E-state index contributed by atoms with van der Waals surface area (Å²) in [6, 6.07) is 4.39. The van der Waals surface area contributed by atoms with Gasteiger partial charge in [0.2, 0.25) is 0 Å². The molecule has 2 nitrogen and oxygen atoms in total. The van der Waals surface area contributed by atoms with E-state index in [-0.39, 0.29) is 5.60 Å². The predicted octanol–water partition coefficient (Wildman–Crippen LogP) is 3.13. The average Bonchev–Trinajstić information content (AvgIpc) is 2.24. The maximum absolute atomic E-state index is 6.30. The van der Waals surface area contributed by atoms with Crippen LogP contribution in [0.15, 0.2) is 12.1 Å². The van der Waals surface area contributed by atoms with Gasteiger partial charge in [0.1, 0.15) is 11.4 Å². The van der Waals surface area contributed by atoms with Crippen molar-refractivity contribution in [2.45, 2.75) is 46.1 Å². The first-order valence-corrected chi connectivity index (χ1v) is 6.48. The van der Waals surface area contributed by atoms with Crippen LogP contribution >= 0.6 is 0 Å². The SMILES string of the molecule is Cc1cc(C)c(OC2(C)CCCNC2)c(C)c1. The topological polar surface area (TPSA) is 21.3 Å². The van der Waals surface area contributed by atoms with Gasteiger partial charge in [0.25, 0.3) is 0 Å². The van der Waals surface area contributed by atoms with Crippen LogP contribution < -0.4 is 10.1 Å². The molecule has 0 radical (unpaired) electrons. The van der Waals surface area contributed by atoms with Crippen molar-refractivity contribution in [1.82, 2.24) is 5.32 Å². The van der Waals surface area contributed by atoms with Crippen LogP contribution in [0.5, 0.6) is 5.75 Å². The Hall–Kier alpha value is -1.02. The summed E-state index contributed by atoms with van der Waals surface area (Å²) in [6.45, 7) is 10.7. The molecule has 1 unspecified atom stereocenters. The van der Waals surface area contributed by atoms with E-state index in [1.54, 1.807) is 0 Å². The fraction of sp³-hybridized carbons (Fsp3) is 0.600. The highest BCUT2D eigenvalue weighted by atomic mass is 16.5. The minimum atomic E-state index is -0.0526. The zero-order valence-corrected chi connectivity index (χ0v) is 11.4. The van der Waals surface area contributed by atoms with Crippen molar-refractivity contribution >= 4 is 0 Å². The maximum Gasteiger partial charge on any atom is 0.126 e. The molecular weight excluding hydrogens is 210 g/mol. The third kappa shape index (κ3) is 2.81. The second-order valence-electron chi connectivity index (χ2n) is 5.56. The molecule has 0 saturated carbocycles. The highest BCUT2D eigenvalue weighted by molar-refractivity contribution is 5.43. The molecule has 1 aliphatic heterocycles. The molecule has 94 valence electrons. The van der Waals surface area contributed by atoms with Gasteiger partial charge in [-0.2, -0.15) is 0 Å². The van der Waals surface area contributed by atoms with Gasteiger partial charge in [0.05, 0.1) is 0 Å². The zero-order chi connectivity index (χ0) is 12.5. The Kier molecular flexibility index (Phi) is 3.43. The molecule has 17 heavy (non-hydrogen) atoms. The number of piperidine rings is 1. The van der Waals surface area contributed by atoms with Gasteiger partial charge in [-0.3, -0.25) is 0 Å². The van der Waals surface area contributed by atoms with Crippen LogP contribution in [0.3, 0.4) is 0 Å². The normalized spacial score (nSPS) is 24.7. The van der Waals surface area contributed by atoms with Gasteiger partial charge in [-0.1, -0.05) is 17.7 Å². The van der Waals surface area contributed by atoms with Gasteiger partial charge in [-0.15, -0.1) is 0 Å². The lowest BCUT2D eigenvalue weighted by Crippen LogP contribution is -2.47. The second-order valence-corrected chi connectivity index (χ2v) is 5.56. The average molecular weight is 233 g/mol. The molecule has 1 N–H and O–H groups in total. The fourth-order valence-electron chi connectivity index (χ4n) is 2.69. The van der Waals surface area contributed by atoms with Crippen LogP contribution in [0.4, 0.5) is 0 Å². The summed E-state index contributed by atoms with van der Waals surface area (Å²) in [6.07, 6.45) is 2.33. The molecule has 1 heterocycles. The van der Waals surface area contributed by atoms with Crippen LogP contribution in [0.1, 0.15) is 36.5 Å². The fourth-order valence-corrected chi connectivity index (χ4v) is 2.69. The summed E-state index contributed by atoms with van der Waals surface area (Å²) in [5.74, 6) is 1.07. The Balaban J connectivity index is 2.23. The van der Waals surface area contributed by atoms with E-state index >= 15 is 0 Å². The first kappa shape index (κ1) is 12.4. The lowest BCUT2D eigenvalue weighted by Gasteiger charge is -2.35. The summed E-state index contributed by atoms with van der Waals surface area (Å²) in [5, 5.41) is 3.42. The Labute approximate surface area is 104 Å². The Morgan fingerprint density at radius 3 is 2.35 bits per heavy atom. The lowest BCUT2D eigenvalue weighted by atomic mass is 9.95. The molecule has 0 amide bonds. The first-order valence-electron chi connectivity index (χ1n) is 6.48. The van der Waals surface area contributed by atoms with Crippen molar-refractivity contribution in [2.75, 3.05) is 13.1 Å². The summed E-state index contributed by atoms with van der Waals surface area (Å²) in [7, 11) is 0. The van der Waals surface area contributed by atoms with E-state index < -0.39 is 0 Å². The smallest absolute Gasteiger partial charge is 0.126 e. The Morgan fingerprint density at radius 1 is 1.18 bits per heavy atom. The number of nitrogens with one attached hydrogen (secondary N) is 1. The number of ether oxygens (including phenoxy) is 1. The van der Waals surface area contributed by atoms with E-state index in [4.69, 9.17) is 4.74 Å². The number of aryl methyl sites for hydroxylation is 3.